The molecule has 28 heavy (non-hydrogen) atoms. The highest BCUT2D eigenvalue weighted by Crippen LogP contribution is 2.46. The van der Waals surface area contributed by atoms with Gasteiger partial charge in [-0.15, -0.1) is 0 Å². The van der Waals surface area contributed by atoms with Crippen molar-refractivity contribution >= 4 is 17.8 Å². The predicted octanol–water partition coefficient (Wildman–Crippen LogP) is 0.265. The number of carbonyl (C=O) groups excluding carboxylic acids is 3. The summed E-state index contributed by atoms with van der Waals surface area (Å²) in [5.74, 6) is -1.35. The molecule has 2 fully saturated rings. The molecular weight excluding hydrogens is 364 g/mol. The van der Waals surface area contributed by atoms with E-state index in [4.69, 9.17) is 14.2 Å². The maximum absolute atomic E-state index is 13.1. The normalized spacial score (nSPS) is 29.0. The minimum Gasteiger partial charge on any atom is -0.497 e. The lowest BCUT2D eigenvalue weighted by Crippen LogP contribution is -2.97. The van der Waals surface area contributed by atoms with Crippen molar-refractivity contribution < 1.29 is 33.9 Å². The Bertz CT molecular complexity index is 810. The molecule has 0 unspecified atom stereocenters. The van der Waals surface area contributed by atoms with Gasteiger partial charge in [0.1, 0.15) is 29.4 Å². The summed E-state index contributed by atoms with van der Waals surface area (Å²) in [4.78, 5) is 40.1. The monoisotopic (exact) mass is 391 g/mol. The van der Waals surface area contributed by atoms with Gasteiger partial charge in [-0.3, -0.25) is 14.5 Å². The number of carbonyl (C=O) groups is 3. The Morgan fingerprint density at radius 2 is 1.89 bits per heavy atom. The zero-order valence-corrected chi connectivity index (χ0v) is 16.9. The Morgan fingerprint density at radius 1 is 1.18 bits per heavy atom. The van der Waals surface area contributed by atoms with Crippen molar-refractivity contribution in [3.05, 3.63) is 23.8 Å². The molecule has 0 spiro atoms. The Labute approximate surface area is 164 Å². The van der Waals surface area contributed by atoms with E-state index in [-0.39, 0.29) is 25.0 Å². The van der Waals surface area contributed by atoms with E-state index in [9.17, 15) is 14.4 Å². The van der Waals surface area contributed by atoms with E-state index in [2.05, 4.69) is 0 Å². The maximum Gasteiger partial charge on any atom is 0.368 e. The van der Waals surface area contributed by atoms with Gasteiger partial charge in [0, 0.05) is 19.5 Å². The molecule has 0 bridgehead atoms. The highest BCUT2D eigenvalue weighted by atomic mass is 16.5. The number of amides is 2. The third-order valence-electron chi connectivity index (χ3n) is 5.83. The topological polar surface area (TPSA) is 98.8 Å². The van der Waals surface area contributed by atoms with Crippen LogP contribution in [0.3, 0.4) is 0 Å². The number of methoxy groups -OCH3 is 2. The first-order valence-electron chi connectivity index (χ1n) is 9.44. The second-order valence-electron chi connectivity index (χ2n) is 7.23. The van der Waals surface area contributed by atoms with E-state index >= 15 is 0 Å². The molecule has 0 saturated carbocycles. The zero-order valence-electron chi connectivity index (χ0n) is 16.9. The average Bonchev–Trinajstić information content (AvgIpc) is 3.15. The number of ether oxygens (including phenoxy) is 3. The molecule has 2 aliphatic heterocycles. The number of quaternary nitrogens is 1. The van der Waals surface area contributed by atoms with Gasteiger partial charge in [0.25, 0.3) is 0 Å². The molecule has 2 N–H and O–H groups in total. The lowest BCUT2D eigenvalue weighted by Gasteiger charge is -2.26. The van der Waals surface area contributed by atoms with Gasteiger partial charge in [-0.1, -0.05) is 0 Å². The molecule has 8 nitrogen and oxygen atoms in total. The number of fused-ring (bicyclic) bond motifs is 1. The molecule has 152 valence electrons. The Hall–Kier alpha value is -2.61. The van der Waals surface area contributed by atoms with Crippen LogP contribution in [0.2, 0.25) is 0 Å². The van der Waals surface area contributed by atoms with Crippen LogP contribution in [0.15, 0.2) is 18.2 Å². The van der Waals surface area contributed by atoms with Gasteiger partial charge < -0.3 is 19.5 Å². The summed E-state index contributed by atoms with van der Waals surface area (Å²) in [6.45, 7) is 5.64. The molecule has 1 aromatic rings. The lowest BCUT2D eigenvalue weighted by atomic mass is 9.80. The molecule has 3 rings (SSSR count). The van der Waals surface area contributed by atoms with Crippen molar-refractivity contribution in [2.75, 3.05) is 27.4 Å². The summed E-state index contributed by atoms with van der Waals surface area (Å²) in [6.07, 6.45) is 0. The molecule has 1 aromatic carbocycles. The molecule has 2 saturated heterocycles. The molecule has 4 atom stereocenters. The van der Waals surface area contributed by atoms with Crippen LogP contribution in [0.5, 0.6) is 11.5 Å². The molecule has 2 heterocycles. The van der Waals surface area contributed by atoms with Gasteiger partial charge in [0.2, 0.25) is 17.4 Å². The van der Waals surface area contributed by atoms with Crippen LogP contribution in [0.1, 0.15) is 32.4 Å². The highest BCUT2D eigenvalue weighted by Gasteiger charge is 2.70. The second-order valence-corrected chi connectivity index (χ2v) is 7.23. The first kappa shape index (κ1) is 20.1. The minimum atomic E-state index is -1.19. The third kappa shape index (κ3) is 2.83. The molecule has 2 amide bonds. The first-order chi connectivity index (χ1) is 13.3. The zero-order chi connectivity index (χ0) is 20.6. The van der Waals surface area contributed by atoms with Crippen LogP contribution in [0.25, 0.3) is 0 Å². The van der Waals surface area contributed by atoms with Crippen molar-refractivity contribution in [1.29, 1.82) is 0 Å². The minimum absolute atomic E-state index is 0.204. The number of rotatable bonds is 6. The van der Waals surface area contributed by atoms with Crippen molar-refractivity contribution in [2.45, 2.75) is 32.4 Å². The van der Waals surface area contributed by atoms with Crippen molar-refractivity contribution in [3.63, 3.8) is 0 Å². The van der Waals surface area contributed by atoms with Crippen LogP contribution in [0, 0.1) is 11.8 Å². The van der Waals surface area contributed by atoms with E-state index in [1.807, 2.05) is 6.07 Å². The summed E-state index contributed by atoms with van der Waals surface area (Å²) in [5, 5.41) is 1.79. The molecule has 0 aliphatic carbocycles. The van der Waals surface area contributed by atoms with Gasteiger partial charge in [0.05, 0.1) is 26.4 Å². The first-order valence-corrected chi connectivity index (χ1v) is 9.44. The van der Waals surface area contributed by atoms with Crippen LogP contribution in [0.4, 0.5) is 0 Å². The maximum atomic E-state index is 13.1. The SMILES string of the molecule is CCOC(=O)[C@]1(C)[NH2+][C@H](c2ccc(OC)cc2OC)[C@H]2C(=O)N(CC)C(=O)[C@H]21. The standard InChI is InChI=1S/C20H26N2O6/c1-6-22-17(23)14-15(18(22)24)20(3,19(25)28-7-2)21-16(14)12-9-8-11(26-4)10-13(12)27-5/h8-10,14-16,21H,6-7H2,1-5H3/p+1/t14-,15-,16+,20+/m0/s1. The largest absolute Gasteiger partial charge is 0.497 e. The van der Waals surface area contributed by atoms with Crippen molar-refractivity contribution in [3.8, 4) is 11.5 Å². The van der Waals surface area contributed by atoms with Gasteiger partial charge in [-0.05, 0) is 26.0 Å². The third-order valence-corrected chi connectivity index (χ3v) is 5.83. The van der Waals surface area contributed by atoms with Crippen molar-refractivity contribution in [1.82, 2.24) is 4.90 Å². The fourth-order valence-corrected chi connectivity index (χ4v) is 4.49. The summed E-state index contributed by atoms with van der Waals surface area (Å²) in [6, 6.07) is 4.88. The number of likely N-dealkylation sites (tertiary alicyclic amines) is 1. The summed E-state index contributed by atoms with van der Waals surface area (Å²) in [5.41, 5.74) is -0.446. The Morgan fingerprint density at radius 3 is 2.46 bits per heavy atom. The van der Waals surface area contributed by atoms with Crippen LogP contribution >= 0.6 is 0 Å². The fraction of sp³-hybridized carbons (Fsp3) is 0.550. The lowest BCUT2D eigenvalue weighted by molar-refractivity contribution is -0.731. The number of benzene rings is 1. The smallest absolute Gasteiger partial charge is 0.368 e. The number of hydrogen-bond donors (Lipinski definition) is 1. The molecule has 2 aliphatic rings. The number of esters is 1. The van der Waals surface area contributed by atoms with Crippen molar-refractivity contribution in [2.24, 2.45) is 11.8 Å². The van der Waals surface area contributed by atoms with Gasteiger partial charge in [-0.25, -0.2) is 4.79 Å². The highest BCUT2D eigenvalue weighted by molar-refractivity contribution is 6.08. The molecular formula is C20H27N2O6+. The quantitative estimate of drug-likeness (QED) is 0.552. The van der Waals surface area contributed by atoms with Gasteiger partial charge in [-0.2, -0.15) is 0 Å². The van der Waals surface area contributed by atoms with Gasteiger partial charge >= 0.3 is 5.97 Å². The number of hydrogen-bond acceptors (Lipinski definition) is 6. The number of nitrogens with zero attached hydrogens (tertiary/aromatic N) is 1. The van der Waals surface area contributed by atoms with Gasteiger partial charge in [0.15, 0.2) is 0 Å². The Balaban J connectivity index is 2.12. The van der Waals surface area contributed by atoms with E-state index in [1.54, 1.807) is 45.3 Å². The predicted molar refractivity (Wildman–Crippen MR) is 98.6 cm³/mol. The Kier molecular flexibility index (Phi) is 5.34. The van der Waals surface area contributed by atoms with Crippen LogP contribution in [-0.4, -0.2) is 55.6 Å². The summed E-state index contributed by atoms with van der Waals surface area (Å²) in [7, 11) is 3.09. The summed E-state index contributed by atoms with van der Waals surface area (Å²) < 4.78 is 16.0. The van der Waals surface area contributed by atoms with E-state index in [0.717, 1.165) is 5.56 Å². The molecule has 0 radical (unpaired) electrons. The fourth-order valence-electron chi connectivity index (χ4n) is 4.49. The number of imide groups is 1. The average molecular weight is 391 g/mol. The van der Waals surface area contributed by atoms with E-state index in [1.165, 1.54) is 12.0 Å². The molecule has 8 heteroatoms. The van der Waals surface area contributed by atoms with E-state index in [0.29, 0.717) is 11.5 Å². The molecule has 0 aromatic heterocycles. The van der Waals surface area contributed by atoms with Crippen LogP contribution in [-0.2, 0) is 19.1 Å². The number of nitrogens with two attached hydrogens (primary N) is 1. The van der Waals surface area contributed by atoms with Crippen LogP contribution < -0.4 is 14.8 Å². The summed E-state index contributed by atoms with van der Waals surface area (Å²) >= 11 is 0. The second kappa shape index (κ2) is 7.43. The van der Waals surface area contributed by atoms with E-state index < -0.39 is 29.4 Å².